The number of benzene rings is 1. The summed E-state index contributed by atoms with van der Waals surface area (Å²) in [6.07, 6.45) is 3.71. The van der Waals surface area contributed by atoms with Gasteiger partial charge in [-0.2, -0.15) is 0 Å². The van der Waals surface area contributed by atoms with Crippen LogP contribution in [0.25, 0.3) is 11.1 Å². The molecule has 3 heterocycles. The number of H-pyrrole nitrogens is 1. The third kappa shape index (κ3) is 3.50. The highest BCUT2D eigenvalue weighted by atomic mass is 79.9. The van der Waals surface area contributed by atoms with E-state index in [9.17, 15) is 9.59 Å². The molecule has 0 unspecified atom stereocenters. The number of hydrogen-bond donors (Lipinski definition) is 2. The Kier molecular flexibility index (Phi) is 4.86. The van der Waals surface area contributed by atoms with Crippen LogP contribution in [-0.2, 0) is 6.42 Å². The van der Waals surface area contributed by atoms with Gasteiger partial charge < -0.3 is 9.40 Å². The Hall–Kier alpha value is -2.78. The average molecular weight is 459 g/mol. The number of aromatic nitrogens is 3. The summed E-state index contributed by atoms with van der Waals surface area (Å²) in [6, 6.07) is 6.18. The Balaban J connectivity index is 1.56. The zero-order valence-corrected chi connectivity index (χ0v) is 17.4. The summed E-state index contributed by atoms with van der Waals surface area (Å²) in [4.78, 5) is 36.5. The smallest absolute Gasteiger partial charge is 0.262 e. The molecule has 142 valence electrons. The Morgan fingerprint density at radius 3 is 2.93 bits per heavy atom. The normalized spacial score (nSPS) is 11.1. The van der Waals surface area contributed by atoms with Crippen molar-refractivity contribution in [3.63, 3.8) is 0 Å². The molecule has 0 fully saturated rings. The average Bonchev–Trinajstić information content (AvgIpc) is 3.22. The highest BCUT2D eigenvalue weighted by Gasteiger charge is 2.22. The lowest BCUT2D eigenvalue weighted by atomic mass is 10.1. The zero-order chi connectivity index (χ0) is 19.8. The molecule has 1 amide bonds. The predicted molar refractivity (Wildman–Crippen MR) is 111 cm³/mol. The van der Waals surface area contributed by atoms with Crippen LogP contribution in [0.5, 0.6) is 0 Å². The first-order chi connectivity index (χ1) is 13.4. The second-order valence-electron chi connectivity index (χ2n) is 6.29. The van der Waals surface area contributed by atoms with E-state index in [1.807, 2.05) is 13.0 Å². The molecule has 4 rings (SSSR count). The highest BCUT2D eigenvalue weighted by molar-refractivity contribution is 9.10. The minimum absolute atomic E-state index is 0.136. The molecule has 0 spiro atoms. The molecule has 9 heteroatoms. The molecule has 0 saturated heterocycles. The minimum atomic E-state index is -0.449. The van der Waals surface area contributed by atoms with Crippen LogP contribution < -0.4 is 10.9 Å². The summed E-state index contributed by atoms with van der Waals surface area (Å²) >= 11 is 4.89. The lowest BCUT2D eigenvalue weighted by Gasteiger charge is -2.02. The lowest BCUT2D eigenvalue weighted by Crippen LogP contribution is -2.16. The number of furan rings is 1. The van der Waals surface area contributed by atoms with E-state index in [1.165, 1.54) is 17.7 Å². The number of halogens is 1. The van der Waals surface area contributed by atoms with Crippen molar-refractivity contribution in [2.45, 2.75) is 20.3 Å². The molecule has 28 heavy (non-hydrogen) atoms. The van der Waals surface area contributed by atoms with Crippen molar-refractivity contribution in [1.82, 2.24) is 15.0 Å². The Morgan fingerprint density at radius 1 is 1.32 bits per heavy atom. The Bertz CT molecular complexity index is 1260. The standard InChI is InChI=1S/C19H15BrN4O3S/c1-9-5-11(3-4-13(9)20)6-12-7-21-19(28-12)24-17(26)14-10(2)27-18-15(14)16(25)22-8-23-18/h3-5,7-8H,6H2,1-2H3,(H,21,24,26)(H,22,23,25). The molecule has 4 aromatic rings. The number of aromatic amines is 1. The Morgan fingerprint density at radius 2 is 2.14 bits per heavy atom. The van der Waals surface area contributed by atoms with Gasteiger partial charge in [0.2, 0.25) is 5.71 Å². The molecule has 0 saturated carbocycles. The largest absolute Gasteiger partial charge is 0.442 e. The van der Waals surface area contributed by atoms with Crippen molar-refractivity contribution in [2.75, 3.05) is 5.32 Å². The maximum atomic E-state index is 12.7. The van der Waals surface area contributed by atoms with Crippen molar-refractivity contribution >= 4 is 49.4 Å². The van der Waals surface area contributed by atoms with E-state index in [0.29, 0.717) is 10.9 Å². The first kappa shape index (κ1) is 18.6. The van der Waals surface area contributed by atoms with Crippen LogP contribution >= 0.6 is 27.3 Å². The zero-order valence-electron chi connectivity index (χ0n) is 15.0. The number of carbonyl (C=O) groups is 1. The summed E-state index contributed by atoms with van der Waals surface area (Å²) in [5.41, 5.74) is 2.21. The summed E-state index contributed by atoms with van der Waals surface area (Å²) in [7, 11) is 0. The molecule has 0 aliphatic rings. The summed E-state index contributed by atoms with van der Waals surface area (Å²) in [5, 5.41) is 3.35. The van der Waals surface area contributed by atoms with E-state index in [0.717, 1.165) is 26.9 Å². The van der Waals surface area contributed by atoms with Gasteiger partial charge in [0.1, 0.15) is 11.1 Å². The Labute approximate surface area is 172 Å². The van der Waals surface area contributed by atoms with Gasteiger partial charge in [-0.1, -0.05) is 28.1 Å². The van der Waals surface area contributed by atoms with E-state index < -0.39 is 11.5 Å². The minimum Gasteiger partial charge on any atom is -0.442 e. The quantitative estimate of drug-likeness (QED) is 0.477. The molecule has 0 bridgehead atoms. The van der Waals surface area contributed by atoms with Gasteiger partial charge in [0, 0.05) is 22.0 Å². The topological polar surface area (TPSA) is 101 Å². The van der Waals surface area contributed by atoms with Gasteiger partial charge >= 0.3 is 0 Å². The molecule has 0 aliphatic heterocycles. The van der Waals surface area contributed by atoms with Gasteiger partial charge in [0.15, 0.2) is 5.13 Å². The summed E-state index contributed by atoms with van der Waals surface area (Å²) < 4.78 is 6.50. The van der Waals surface area contributed by atoms with Gasteiger partial charge in [0.25, 0.3) is 11.5 Å². The van der Waals surface area contributed by atoms with Gasteiger partial charge in [-0.15, -0.1) is 11.3 Å². The van der Waals surface area contributed by atoms with Crippen molar-refractivity contribution in [2.24, 2.45) is 0 Å². The van der Waals surface area contributed by atoms with Crippen molar-refractivity contribution in [1.29, 1.82) is 0 Å². The van der Waals surface area contributed by atoms with Crippen molar-refractivity contribution in [3.05, 3.63) is 72.9 Å². The molecule has 7 nitrogen and oxygen atoms in total. The number of carbonyl (C=O) groups excluding carboxylic acids is 1. The number of thiazole rings is 1. The van der Waals surface area contributed by atoms with Crippen LogP contribution in [0.15, 0.2) is 44.4 Å². The molecule has 0 radical (unpaired) electrons. The number of amides is 1. The molecule has 1 aromatic carbocycles. The van der Waals surface area contributed by atoms with Crippen LogP contribution in [-0.4, -0.2) is 20.9 Å². The fraction of sp³-hybridized carbons (Fsp3) is 0.158. The van der Waals surface area contributed by atoms with Gasteiger partial charge in [-0.3, -0.25) is 14.9 Å². The van der Waals surface area contributed by atoms with Crippen LogP contribution in [0.3, 0.4) is 0 Å². The third-order valence-electron chi connectivity index (χ3n) is 4.27. The molecule has 3 aromatic heterocycles. The first-order valence-electron chi connectivity index (χ1n) is 8.40. The van der Waals surface area contributed by atoms with E-state index >= 15 is 0 Å². The van der Waals surface area contributed by atoms with Gasteiger partial charge in [-0.25, -0.2) is 9.97 Å². The molecular formula is C19H15BrN4O3S. The highest BCUT2D eigenvalue weighted by Crippen LogP contribution is 2.26. The lowest BCUT2D eigenvalue weighted by molar-refractivity contribution is 0.102. The number of fused-ring (bicyclic) bond motifs is 1. The van der Waals surface area contributed by atoms with Crippen LogP contribution in [0, 0.1) is 13.8 Å². The summed E-state index contributed by atoms with van der Waals surface area (Å²) in [6.45, 7) is 3.67. The van der Waals surface area contributed by atoms with Crippen LogP contribution in [0.2, 0.25) is 0 Å². The summed E-state index contributed by atoms with van der Waals surface area (Å²) in [5.74, 6) is -0.117. The maximum Gasteiger partial charge on any atom is 0.262 e. The molecule has 2 N–H and O–H groups in total. The van der Waals surface area contributed by atoms with Crippen LogP contribution in [0.1, 0.15) is 32.1 Å². The molecular weight excluding hydrogens is 444 g/mol. The maximum absolute atomic E-state index is 12.7. The number of aryl methyl sites for hydroxylation is 2. The number of anilines is 1. The monoisotopic (exact) mass is 458 g/mol. The van der Waals surface area contributed by atoms with Crippen LogP contribution in [0.4, 0.5) is 5.13 Å². The molecule has 0 aliphatic carbocycles. The van der Waals surface area contributed by atoms with Gasteiger partial charge in [0.05, 0.1) is 11.9 Å². The van der Waals surface area contributed by atoms with E-state index in [2.05, 4.69) is 48.3 Å². The fourth-order valence-electron chi connectivity index (χ4n) is 2.95. The van der Waals surface area contributed by atoms with Gasteiger partial charge in [-0.05, 0) is 31.0 Å². The fourth-order valence-corrected chi connectivity index (χ4v) is 4.04. The van der Waals surface area contributed by atoms with E-state index in [-0.39, 0.29) is 16.7 Å². The van der Waals surface area contributed by atoms with Crippen molar-refractivity contribution < 1.29 is 9.21 Å². The van der Waals surface area contributed by atoms with E-state index in [4.69, 9.17) is 4.42 Å². The second-order valence-corrected chi connectivity index (χ2v) is 8.26. The first-order valence-corrected chi connectivity index (χ1v) is 10.0. The number of hydrogen-bond acceptors (Lipinski definition) is 6. The SMILES string of the molecule is Cc1cc(Cc2cnc(NC(=O)c3c(C)oc4nc[nH]c(=O)c34)s2)ccc1Br. The molecule has 0 atom stereocenters. The second kappa shape index (κ2) is 7.33. The number of nitrogens with zero attached hydrogens (tertiary/aromatic N) is 2. The van der Waals surface area contributed by atoms with Crippen molar-refractivity contribution in [3.8, 4) is 0 Å². The third-order valence-corrected chi connectivity index (χ3v) is 6.07. The number of rotatable bonds is 4. The number of nitrogens with one attached hydrogen (secondary N) is 2. The predicted octanol–water partition coefficient (Wildman–Crippen LogP) is 4.20. The van der Waals surface area contributed by atoms with E-state index in [1.54, 1.807) is 13.1 Å².